The molecule has 192 valence electrons. The summed E-state index contributed by atoms with van der Waals surface area (Å²) < 4.78 is 0. The molecule has 0 bridgehead atoms. The topological polar surface area (TPSA) is 530 Å². The zero-order valence-corrected chi connectivity index (χ0v) is 18.8. The molecule has 0 saturated heterocycles. The van der Waals surface area contributed by atoms with Crippen LogP contribution in [0.25, 0.3) is 0 Å². The van der Waals surface area contributed by atoms with Crippen molar-refractivity contribution in [1.29, 1.82) is 0 Å². The minimum atomic E-state index is -1.75. The van der Waals surface area contributed by atoms with Crippen molar-refractivity contribution < 1.29 is 62.4 Å². The Morgan fingerprint density at radius 1 is 0.235 bits per heavy atom. The summed E-state index contributed by atoms with van der Waals surface area (Å²) in [6.07, 6.45) is 0. The van der Waals surface area contributed by atoms with Crippen molar-refractivity contribution in [3.63, 3.8) is 0 Å². The molecule has 34 heteroatoms. The molecular weight excluding hydrogens is 663 g/mol. The molecule has 0 unspecified atom stereocenters. The minimum Gasteiger partial charge on any atom is -0.356 e. The van der Waals surface area contributed by atoms with E-state index < -0.39 is 40.7 Å². The molecule has 34 heavy (non-hydrogen) atoms. The van der Waals surface area contributed by atoms with Crippen LogP contribution in [-0.2, 0) is 21.7 Å². The van der Waals surface area contributed by atoms with Crippen LogP contribution in [0, 0.1) is 123 Å². The van der Waals surface area contributed by atoms with Crippen LogP contribution in [0.1, 0.15) is 0 Å². The maximum absolute atomic E-state index is 8.25. The fourth-order valence-electron chi connectivity index (χ4n) is 0. The first-order valence-electron chi connectivity index (χ1n) is 4.38. The summed E-state index contributed by atoms with van der Waals surface area (Å²) in [6.45, 7) is 0. The summed E-state index contributed by atoms with van der Waals surface area (Å²) in [6, 6.07) is 0. The molecule has 32 nitrogen and oxygen atoms in total. The molecule has 0 rings (SSSR count). The molecular formula is N8O24SnTi. The Labute approximate surface area is 209 Å². The Bertz CT molecular complexity index is 367. The van der Waals surface area contributed by atoms with Crippen molar-refractivity contribution in [1.82, 2.24) is 0 Å². The third kappa shape index (κ3) is 774. The summed E-state index contributed by atoms with van der Waals surface area (Å²) >= 11 is 0. The van der Waals surface area contributed by atoms with Gasteiger partial charge in [-0.15, -0.1) is 0 Å². The first-order chi connectivity index (χ1) is 13.9. The Morgan fingerprint density at radius 3 is 0.235 bits per heavy atom. The van der Waals surface area contributed by atoms with Gasteiger partial charge in [0.2, 0.25) is 0 Å². The zero-order valence-electron chi connectivity index (χ0n) is 14.4. The maximum Gasteiger partial charge on any atom is 4.00 e. The molecule has 0 heterocycles. The molecule has 0 spiro atoms. The van der Waals surface area contributed by atoms with Crippen LogP contribution >= 0.6 is 0 Å². The van der Waals surface area contributed by atoms with E-state index >= 15 is 0 Å². The number of hydrogen-bond donors (Lipinski definition) is 0. The smallest absolute Gasteiger partial charge is 0.356 e. The van der Waals surface area contributed by atoms with Crippen LogP contribution in [0.15, 0.2) is 0 Å². The standard InChI is InChI=1S/8NO3.Sn.Ti/c8*2-1(3)4;;/q8*-1;2*+4. The minimum absolute atomic E-state index is 0. The van der Waals surface area contributed by atoms with Crippen LogP contribution in [0.3, 0.4) is 0 Å². The second-order valence-corrected chi connectivity index (χ2v) is 1.79. The van der Waals surface area contributed by atoms with Gasteiger partial charge in [0.25, 0.3) is 0 Å². The fraction of sp³-hybridized carbons (Fsp3) is 0. The van der Waals surface area contributed by atoms with Gasteiger partial charge in [0.15, 0.2) is 0 Å². The molecule has 0 amide bonds. The summed E-state index contributed by atoms with van der Waals surface area (Å²) in [5.41, 5.74) is 0. The number of rotatable bonds is 0. The third-order valence-corrected chi connectivity index (χ3v) is 0. The van der Waals surface area contributed by atoms with Crippen LogP contribution in [0.2, 0.25) is 0 Å². The van der Waals surface area contributed by atoms with Gasteiger partial charge in [-0.1, -0.05) is 0 Å². The molecule has 0 aromatic rings. The largest absolute Gasteiger partial charge is 4.00 e. The fourth-order valence-corrected chi connectivity index (χ4v) is 0. The summed E-state index contributed by atoms with van der Waals surface area (Å²) in [4.78, 5) is 66.0. The van der Waals surface area contributed by atoms with Crippen molar-refractivity contribution in [3.8, 4) is 0 Å². The van der Waals surface area contributed by atoms with E-state index in [-0.39, 0.29) is 45.6 Å². The van der Waals surface area contributed by atoms with Crippen molar-refractivity contribution >= 4 is 23.9 Å². The molecule has 0 aliphatic heterocycles. The van der Waals surface area contributed by atoms with E-state index in [9.17, 15) is 0 Å². The zero-order chi connectivity index (χ0) is 28.6. The van der Waals surface area contributed by atoms with E-state index in [4.69, 9.17) is 123 Å². The Hall–Kier alpha value is -4.89. The normalized spacial score (nSPS) is 5.65. The van der Waals surface area contributed by atoms with E-state index in [1.807, 2.05) is 0 Å². The summed E-state index contributed by atoms with van der Waals surface area (Å²) in [5.74, 6) is 0. The maximum atomic E-state index is 8.25. The van der Waals surface area contributed by atoms with Crippen LogP contribution in [-0.4, -0.2) is 64.6 Å². The van der Waals surface area contributed by atoms with Crippen molar-refractivity contribution in [2.75, 3.05) is 0 Å². The van der Waals surface area contributed by atoms with E-state index in [1.54, 1.807) is 0 Å². The molecule has 0 aliphatic rings. The van der Waals surface area contributed by atoms with Gasteiger partial charge in [0.1, 0.15) is 0 Å². The SMILES string of the molecule is O=[N+]([O-])[O-].O=[N+]([O-])[O-].O=[N+]([O-])[O-].O=[N+]([O-])[O-].O=[N+]([O-])[O-].O=[N+]([O-])[O-].O=[N+]([O-])[O-].O=[N+]([O-])[O-].[Sn+4].[Ti+4]. The number of hydrogen-bond acceptors (Lipinski definition) is 24. The molecule has 0 N–H and O–H groups in total. The Kier molecular flexibility index (Phi) is 105. The van der Waals surface area contributed by atoms with Crippen molar-refractivity contribution in [2.45, 2.75) is 0 Å². The van der Waals surface area contributed by atoms with Gasteiger partial charge in [-0.2, -0.15) is 0 Å². The third-order valence-electron chi connectivity index (χ3n) is 0. The molecule has 0 aromatic heterocycles. The van der Waals surface area contributed by atoms with Crippen LogP contribution in [0.5, 0.6) is 0 Å². The molecule has 0 atom stereocenters. The Balaban J connectivity index is -0.0000000240. The summed E-state index contributed by atoms with van der Waals surface area (Å²) in [7, 11) is 0. The monoisotopic (exact) mass is 664 g/mol. The van der Waals surface area contributed by atoms with E-state index in [1.165, 1.54) is 0 Å². The molecule has 0 aliphatic carbocycles. The van der Waals surface area contributed by atoms with Gasteiger partial charge < -0.3 is 123 Å². The molecule has 0 aromatic carbocycles. The van der Waals surface area contributed by atoms with Crippen molar-refractivity contribution in [3.05, 3.63) is 123 Å². The average Bonchev–Trinajstić information content (AvgIpc) is 2.30. The van der Waals surface area contributed by atoms with Gasteiger partial charge in [-0.05, 0) is 0 Å². The molecule has 0 saturated carbocycles. The Morgan fingerprint density at radius 2 is 0.235 bits per heavy atom. The van der Waals surface area contributed by atoms with Crippen LogP contribution < -0.4 is 0 Å². The predicted octanol–water partition coefficient (Wildman–Crippen LogP) is -2.30. The second-order valence-electron chi connectivity index (χ2n) is 1.79. The van der Waals surface area contributed by atoms with Crippen molar-refractivity contribution in [2.24, 2.45) is 0 Å². The quantitative estimate of drug-likeness (QED) is 0.149. The first kappa shape index (κ1) is 63.0. The van der Waals surface area contributed by atoms with Gasteiger partial charge in [0.05, 0.1) is 40.7 Å². The van der Waals surface area contributed by atoms with Gasteiger partial charge in [-0.25, -0.2) is 0 Å². The average molecular weight is 663 g/mol. The van der Waals surface area contributed by atoms with Gasteiger partial charge in [-0.3, -0.25) is 0 Å². The number of nitrogens with zero attached hydrogens (tertiary/aromatic N) is 8. The van der Waals surface area contributed by atoms with Crippen LogP contribution in [0.4, 0.5) is 0 Å². The van der Waals surface area contributed by atoms with E-state index in [0.717, 1.165) is 0 Å². The first-order valence-corrected chi connectivity index (χ1v) is 4.38. The van der Waals surface area contributed by atoms with Gasteiger partial charge >= 0.3 is 45.6 Å². The second kappa shape index (κ2) is 56.6. The summed E-state index contributed by atoms with van der Waals surface area (Å²) in [5, 5.41) is 118. The van der Waals surface area contributed by atoms with E-state index in [2.05, 4.69) is 0 Å². The molecule has 0 radical (unpaired) electrons. The van der Waals surface area contributed by atoms with E-state index in [0.29, 0.717) is 0 Å². The predicted molar refractivity (Wildman–Crippen MR) is 88.6 cm³/mol. The van der Waals surface area contributed by atoms with Gasteiger partial charge in [0, 0.05) is 0 Å². The molecule has 0 fully saturated rings.